The number of thioether (sulfide) groups is 1. The number of anilines is 1. The summed E-state index contributed by atoms with van der Waals surface area (Å²) in [5.41, 5.74) is 7.68. The van der Waals surface area contributed by atoms with Gasteiger partial charge in [0.05, 0.1) is 11.4 Å². The Hall–Kier alpha value is -3.38. The molecule has 174 valence electrons. The monoisotopic (exact) mass is 470 g/mol. The molecular weight excluding hydrogens is 440 g/mol. The Kier molecular flexibility index (Phi) is 7.48. The lowest BCUT2D eigenvalue weighted by atomic mass is 10.1. The van der Waals surface area contributed by atoms with Crippen molar-refractivity contribution < 1.29 is 4.79 Å². The number of hydrogen-bond acceptors (Lipinski definition) is 4. The van der Waals surface area contributed by atoms with Crippen LogP contribution in [-0.4, -0.2) is 26.4 Å². The van der Waals surface area contributed by atoms with Crippen LogP contribution in [0.15, 0.2) is 71.9 Å². The van der Waals surface area contributed by atoms with Crippen LogP contribution in [0.2, 0.25) is 0 Å². The van der Waals surface area contributed by atoms with E-state index in [2.05, 4.69) is 77.3 Å². The van der Waals surface area contributed by atoms with Crippen LogP contribution in [0.1, 0.15) is 40.6 Å². The molecule has 1 amide bonds. The molecule has 0 aliphatic rings. The van der Waals surface area contributed by atoms with Gasteiger partial charge in [0, 0.05) is 12.1 Å². The molecule has 0 aliphatic heterocycles. The topological polar surface area (TPSA) is 59.8 Å². The zero-order chi connectivity index (χ0) is 24.1. The number of aryl methyl sites for hydroxylation is 4. The Labute approximate surface area is 205 Å². The van der Waals surface area contributed by atoms with Crippen LogP contribution in [0.25, 0.3) is 5.69 Å². The van der Waals surface area contributed by atoms with Crippen LogP contribution in [-0.2, 0) is 17.6 Å². The third-order valence-corrected chi connectivity index (χ3v) is 6.76. The fourth-order valence-corrected chi connectivity index (χ4v) is 4.86. The zero-order valence-electron chi connectivity index (χ0n) is 20.1. The Morgan fingerprint density at radius 1 is 0.941 bits per heavy atom. The second-order valence-electron chi connectivity index (χ2n) is 8.49. The number of benzene rings is 3. The number of hydrogen-bond donors (Lipinski definition) is 1. The van der Waals surface area contributed by atoms with Gasteiger partial charge in [-0.1, -0.05) is 84.9 Å². The molecule has 0 bridgehead atoms. The summed E-state index contributed by atoms with van der Waals surface area (Å²) in [5, 5.41) is 12.8. The van der Waals surface area contributed by atoms with Gasteiger partial charge in [0.1, 0.15) is 5.82 Å². The molecule has 6 heteroatoms. The number of para-hydroxylation sites is 1. The molecular formula is C28H30N4OS. The molecule has 0 atom stereocenters. The van der Waals surface area contributed by atoms with Gasteiger partial charge < -0.3 is 5.32 Å². The van der Waals surface area contributed by atoms with E-state index < -0.39 is 0 Å². The summed E-state index contributed by atoms with van der Waals surface area (Å²) in [4.78, 5) is 12.9. The number of nitrogens with one attached hydrogen (secondary N) is 1. The van der Waals surface area contributed by atoms with Crippen molar-refractivity contribution >= 4 is 23.4 Å². The minimum Gasteiger partial charge on any atom is -0.325 e. The van der Waals surface area contributed by atoms with E-state index in [1.165, 1.54) is 22.9 Å². The number of rotatable bonds is 8. The van der Waals surface area contributed by atoms with E-state index in [-0.39, 0.29) is 11.7 Å². The highest BCUT2D eigenvalue weighted by molar-refractivity contribution is 7.99. The first-order chi connectivity index (χ1) is 16.5. The van der Waals surface area contributed by atoms with Gasteiger partial charge in [0.2, 0.25) is 5.91 Å². The Morgan fingerprint density at radius 3 is 2.47 bits per heavy atom. The average molecular weight is 471 g/mol. The quantitative estimate of drug-likeness (QED) is 0.317. The van der Waals surface area contributed by atoms with E-state index in [1.54, 1.807) is 0 Å². The summed E-state index contributed by atoms with van der Waals surface area (Å²) >= 11 is 1.41. The van der Waals surface area contributed by atoms with Gasteiger partial charge >= 0.3 is 0 Å². The molecule has 1 heterocycles. The molecule has 34 heavy (non-hydrogen) atoms. The fraction of sp³-hybridized carbons (Fsp3) is 0.250. The molecule has 1 N–H and O–H groups in total. The molecule has 4 rings (SSSR count). The summed E-state index contributed by atoms with van der Waals surface area (Å²) in [6, 6.07) is 22.7. The van der Waals surface area contributed by atoms with Crippen LogP contribution in [0.5, 0.6) is 0 Å². The molecule has 0 radical (unpaired) electrons. The van der Waals surface area contributed by atoms with E-state index in [9.17, 15) is 4.79 Å². The summed E-state index contributed by atoms with van der Waals surface area (Å²) in [6.45, 7) is 8.30. The first kappa shape index (κ1) is 23.8. The van der Waals surface area contributed by atoms with Crippen LogP contribution in [0, 0.1) is 20.8 Å². The van der Waals surface area contributed by atoms with E-state index in [0.29, 0.717) is 11.6 Å². The normalized spacial score (nSPS) is 10.9. The van der Waals surface area contributed by atoms with Crippen molar-refractivity contribution in [3.63, 3.8) is 0 Å². The van der Waals surface area contributed by atoms with Crippen molar-refractivity contribution in [3.05, 3.63) is 100 Å². The lowest BCUT2D eigenvalue weighted by molar-refractivity contribution is -0.113. The molecule has 0 spiro atoms. The minimum atomic E-state index is -0.0474. The molecule has 0 saturated carbocycles. The maximum absolute atomic E-state index is 12.9. The molecule has 0 unspecified atom stereocenters. The lowest BCUT2D eigenvalue weighted by Crippen LogP contribution is -2.17. The number of aromatic nitrogens is 3. The number of amides is 1. The number of carbonyl (C=O) groups is 1. The lowest BCUT2D eigenvalue weighted by Gasteiger charge is -2.15. The second-order valence-corrected chi connectivity index (χ2v) is 9.43. The Balaban J connectivity index is 1.60. The minimum absolute atomic E-state index is 0.0474. The Morgan fingerprint density at radius 2 is 1.74 bits per heavy atom. The van der Waals surface area contributed by atoms with E-state index in [1.807, 2.05) is 37.3 Å². The maximum atomic E-state index is 12.9. The van der Waals surface area contributed by atoms with Gasteiger partial charge in [0.25, 0.3) is 0 Å². The van der Waals surface area contributed by atoms with Crippen LogP contribution >= 0.6 is 11.8 Å². The van der Waals surface area contributed by atoms with Gasteiger partial charge in [-0.25, -0.2) is 0 Å². The highest BCUT2D eigenvalue weighted by atomic mass is 32.2. The molecule has 3 aromatic carbocycles. The Bertz CT molecular complexity index is 1300. The smallest absolute Gasteiger partial charge is 0.234 e. The first-order valence-electron chi connectivity index (χ1n) is 11.5. The van der Waals surface area contributed by atoms with E-state index in [0.717, 1.165) is 40.3 Å². The molecule has 0 aliphatic carbocycles. The van der Waals surface area contributed by atoms with Gasteiger partial charge in [0.15, 0.2) is 5.16 Å². The van der Waals surface area contributed by atoms with Crippen molar-refractivity contribution in [3.8, 4) is 5.69 Å². The maximum Gasteiger partial charge on any atom is 0.234 e. The molecule has 1 aromatic heterocycles. The average Bonchev–Trinajstić information content (AvgIpc) is 3.21. The standard InChI is InChI=1S/C28H30N4OS/c1-5-23-13-9-10-20(3)27(23)29-26(33)18-34-28-31-30-25(17-22-11-7-6-8-12-22)32(28)24-15-14-19(2)16-21(24)4/h6-16H,5,17-18H2,1-4H3,(H,29,33). The first-order valence-corrected chi connectivity index (χ1v) is 12.5. The van der Waals surface area contributed by atoms with Gasteiger partial charge in [-0.15, -0.1) is 10.2 Å². The van der Waals surface area contributed by atoms with Gasteiger partial charge in [-0.2, -0.15) is 0 Å². The third kappa shape index (κ3) is 5.39. The highest BCUT2D eigenvalue weighted by Crippen LogP contribution is 2.27. The van der Waals surface area contributed by atoms with Crippen LogP contribution in [0.3, 0.4) is 0 Å². The van der Waals surface area contributed by atoms with Crippen molar-refractivity contribution in [1.82, 2.24) is 14.8 Å². The van der Waals surface area contributed by atoms with Gasteiger partial charge in [-0.3, -0.25) is 9.36 Å². The highest BCUT2D eigenvalue weighted by Gasteiger charge is 2.18. The summed E-state index contributed by atoms with van der Waals surface area (Å²) < 4.78 is 2.09. The van der Waals surface area contributed by atoms with E-state index in [4.69, 9.17) is 0 Å². The third-order valence-electron chi connectivity index (χ3n) is 5.84. The van der Waals surface area contributed by atoms with Crippen molar-refractivity contribution in [2.24, 2.45) is 0 Å². The molecule has 0 saturated heterocycles. The molecule has 4 aromatic rings. The number of nitrogens with zero attached hydrogens (tertiary/aromatic N) is 3. The second kappa shape index (κ2) is 10.7. The summed E-state index contributed by atoms with van der Waals surface area (Å²) in [5.74, 6) is 1.06. The molecule has 0 fully saturated rings. The van der Waals surface area contributed by atoms with Crippen molar-refractivity contribution in [2.45, 2.75) is 45.7 Å². The largest absolute Gasteiger partial charge is 0.325 e. The zero-order valence-corrected chi connectivity index (χ0v) is 20.9. The van der Waals surface area contributed by atoms with Crippen LogP contribution in [0.4, 0.5) is 5.69 Å². The molecule has 5 nitrogen and oxygen atoms in total. The fourth-order valence-electron chi connectivity index (χ4n) is 4.09. The van der Waals surface area contributed by atoms with E-state index >= 15 is 0 Å². The van der Waals surface area contributed by atoms with Crippen molar-refractivity contribution in [1.29, 1.82) is 0 Å². The predicted octanol–water partition coefficient (Wildman–Crippen LogP) is 6.08. The number of carbonyl (C=O) groups excluding carboxylic acids is 1. The van der Waals surface area contributed by atoms with Gasteiger partial charge in [-0.05, 0) is 55.5 Å². The van der Waals surface area contributed by atoms with Crippen LogP contribution < -0.4 is 5.32 Å². The predicted molar refractivity (Wildman–Crippen MR) is 140 cm³/mol. The summed E-state index contributed by atoms with van der Waals surface area (Å²) in [6.07, 6.45) is 1.53. The summed E-state index contributed by atoms with van der Waals surface area (Å²) in [7, 11) is 0. The SMILES string of the molecule is CCc1cccc(C)c1NC(=O)CSc1nnc(Cc2ccccc2)n1-c1ccc(C)cc1C. The van der Waals surface area contributed by atoms with Crippen molar-refractivity contribution in [2.75, 3.05) is 11.1 Å².